The van der Waals surface area contributed by atoms with Crippen LogP contribution >= 0.6 is 0 Å². The standard InChI is InChI=1S/C12H19FN2O2/c1-16-9-12(13,4-3-5-14)10-6-11(17-2)8-15-7-10/h6-8H,3-5,9,14H2,1-2H3. The minimum atomic E-state index is -1.56. The van der Waals surface area contributed by atoms with E-state index in [1.54, 1.807) is 12.3 Å². The minimum absolute atomic E-state index is 0.0121. The summed E-state index contributed by atoms with van der Waals surface area (Å²) in [6.45, 7) is 0.439. The van der Waals surface area contributed by atoms with Crippen LogP contribution in [-0.2, 0) is 10.4 Å². The summed E-state index contributed by atoms with van der Waals surface area (Å²) in [6, 6.07) is 1.64. The van der Waals surface area contributed by atoms with Gasteiger partial charge < -0.3 is 15.2 Å². The molecule has 0 saturated heterocycles. The average molecular weight is 242 g/mol. The number of halogens is 1. The Balaban J connectivity index is 2.94. The number of aromatic nitrogens is 1. The van der Waals surface area contributed by atoms with Gasteiger partial charge in [0, 0.05) is 18.9 Å². The van der Waals surface area contributed by atoms with Crippen LogP contribution in [0.3, 0.4) is 0 Å². The normalized spacial score (nSPS) is 14.4. The number of hydrogen-bond acceptors (Lipinski definition) is 4. The van der Waals surface area contributed by atoms with Gasteiger partial charge in [0.05, 0.1) is 19.9 Å². The Morgan fingerprint density at radius 1 is 1.41 bits per heavy atom. The van der Waals surface area contributed by atoms with Gasteiger partial charge in [0.2, 0.25) is 0 Å². The highest BCUT2D eigenvalue weighted by Crippen LogP contribution is 2.32. The second-order valence-corrected chi connectivity index (χ2v) is 3.90. The van der Waals surface area contributed by atoms with E-state index >= 15 is 0 Å². The Morgan fingerprint density at radius 2 is 2.18 bits per heavy atom. The van der Waals surface area contributed by atoms with Crippen molar-refractivity contribution in [2.45, 2.75) is 18.5 Å². The van der Waals surface area contributed by atoms with E-state index in [9.17, 15) is 4.39 Å². The first kappa shape index (κ1) is 13.9. The lowest BCUT2D eigenvalue weighted by molar-refractivity contribution is 0.0300. The summed E-state index contributed by atoms with van der Waals surface area (Å²) in [4.78, 5) is 3.96. The van der Waals surface area contributed by atoms with Gasteiger partial charge in [0.25, 0.3) is 0 Å². The Morgan fingerprint density at radius 3 is 2.76 bits per heavy atom. The molecule has 0 bridgehead atoms. The molecule has 1 heterocycles. The fraction of sp³-hybridized carbons (Fsp3) is 0.583. The molecular formula is C12H19FN2O2. The number of methoxy groups -OCH3 is 2. The summed E-state index contributed by atoms with van der Waals surface area (Å²) in [7, 11) is 3.00. The van der Waals surface area contributed by atoms with E-state index in [1.807, 2.05) is 0 Å². The highest BCUT2D eigenvalue weighted by molar-refractivity contribution is 5.28. The van der Waals surface area contributed by atoms with E-state index in [-0.39, 0.29) is 6.61 Å². The zero-order valence-corrected chi connectivity index (χ0v) is 10.3. The molecule has 0 spiro atoms. The van der Waals surface area contributed by atoms with Crippen molar-refractivity contribution in [3.63, 3.8) is 0 Å². The Bertz CT molecular complexity index is 349. The van der Waals surface area contributed by atoms with Gasteiger partial charge in [-0.3, -0.25) is 4.98 Å². The molecule has 17 heavy (non-hydrogen) atoms. The average Bonchev–Trinajstić information content (AvgIpc) is 2.37. The van der Waals surface area contributed by atoms with Crippen molar-refractivity contribution in [3.05, 3.63) is 24.0 Å². The molecule has 0 aliphatic rings. The third-order valence-electron chi connectivity index (χ3n) is 2.62. The first-order valence-corrected chi connectivity index (χ1v) is 5.53. The van der Waals surface area contributed by atoms with Crippen LogP contribution in [0.15, 0.2) is 18.5 Å². The van der Waals surface area contributed by atoms with Crippen LogP contribution in [0, 0.1) is 0 Å². The topological polar surface area (TPSA) is 57.4 Å². The maximum atomic E-state index is 14.8. The van der Waals surface area contributed by atoms with Crippen molar-refractivity contribution >= 4 is 0 Å². The van der Waals surface area contributed by atoms with E-state index in [4.69, 9.17) is 15.2 Å². The molecule has 1 aromatic rings. The van der Waals surface area contributed by atoms with Gasteiger partial charge in [-0.25, -0.2) is 4.39 Å². The molecule has 1 atom stereocenters. The maximum absolute atomic E-state index is 14.8. The summed E-state index contributed by atoms with van der Waals surface area (Å²) in [5.74, 6) is 0.536. The molecular weight excluding hydrogens is 223 g/mol. The van der Waals surface area contributed by atoms with Crippen LogP contribution < -0.4 is 10.5 Å². The lowest BCUT2D eigenvalue weighted by atomic mass is 9.93. The largest absolute Gasteiger partial charge is 0.495 e. The molecule has 0 aliphatic heterocycles. The van der Waals surface area contributed by atoms with Crippen LogP contribution in [0.25, 0.3) is 0 Å². The molecule has 0 radical (unpaired) electrons. The van der Waals surface area contributed by atoms with Crippen molar-refractivity contribution in [2.24, 2.45) is 5.73 Å². The molecule has 1 aromatic heterocycles. The lowest BCUT2D eigenvalue weighted by Gasteiger charge is -2.24. The van der Waals surface area contributed by atoms with Crippen LogP contribution in [0.1, 0.15) is 18.4 Å². The summed E-state index contributed by atoms with van der Waals surface area (Å²) in [5, 5.41) is 0. The van der Waals surface area contributed by atoms with Crippen LogP contribution in [0.2, 0.25) is 0 Å². The third kappa shape index (κ3) is 3.64. The van der Waals surface area contributed by atoms with E-state index in [1.165, 1.54) is 20.4 Å². The van der Waals surface area contributed by atoms with Gasteiger partial charge in [0.15, 0.2) is 5.67 Å². The van der Waals surface area contributed by atoms with Crippen LogP contribution in [0.4, 0.5) is 4.39 Å². The molecule has 0 fully saturated rings. The smallest absolute Gasteiger partial charge is 0.160 e. The van der Waals surface area contributed by atoms with E-state index < -0.39 is 5.67 Å². The van der Waals surface area contributed by atoms with Crippen LogP contribution in [-0.4, -0.2) is 32.4 Å². The molecule has 1 rings (SSSR count). The zero-order valence-electron chi connectivity index (χ0n) is 10.3. The monoisotopic (exact) mass is 242 g/mol. The zero-order chi connectivity index (χ0) is 12.7. The first-order chi connectivity index (χ1) is 8.16. The molecule has 2 N–H and O–H groups in total. The number of ether oxygens (including phenoxy) is 2. The van der Waals surface area contributed by atoms with Gasteiger partial charge in [-0.1, -0.05) is 0 Å². The van der Waals surface area contributed by atoms with Crippen molar-refractivity contribution in [1.29, 1.82) is 0 Å². The van der Waals surface area contributed by atoms with Crippen LogP contribution in [0.5, 0.6) is 5.75 Å². The van der Waals surface area contributed by atoms with E-state index in [0.717, 1.165) is 0 Å². The molecule has 96 valence electrons. The van der Waals surface area contributed by atoms with Crippen molar-refractivity contribution < 1.29 is 13.9 Å². The van der Waals surface area contributed by atoms with Gasteiger partial charge in [-0.15, -0.1) is 0 Å². The van der Waals surface area contributed by atoms with Gasteiger partial charge in [-0.05, 0) is 25.5 Å². The quantitative estimate of drug-likeness (QED) is 0.789. The molecule has 5 heteroatoms. The predicted molar refractivity (Wildman–Crippen MR) is 63.7 cm³/mol. The molecule has 0 saturated carbocycles. The minimum Gasteiger partial charge on any atom is -0.495 e. The molecule has 4 nitrogen and oxygen atoms in total. The SMILES string of the molecule is COCC(F)(CCCN)c1cncc(OC)c1. The third-order valence-corrected chi connectivity index (χ3v) is 2.62. The van der Waals surface area contributed by atoms with Gasteiger partial charge >= 0.3 is 0 Å². The maximum Gasteiger partial charge on any atom is 0.160 e. The van der Waals surface area contributed by atoms with E-state index in [2.05, 4.69) is 4.98 Å². The van der Waals surface area contributed by atoms with Gasteiger partial charge in [-0.2, -0.15) is 0 Å². The fourth-order valence-electron chi connectivity index (χ4n) is 1.69. The van der Waals surface area contributed by atoms with E-state index in [0.29, 0.717) is 30.7 Å². The lowest BCUT2D eigenvalue weighted by Crippen LogP contribution is -2.27. The van der Waals surface area contributed by atoms with Gasteiger partial charge in [0.1, 0.15) is 5.75 Å². The molecule has 0 aliphatic carbocycles. The summed E-state index contributed by atoms with van der Waals surface area (Å²) >= 11 is 0. The molecule has 0 amide bonds. The van der Waals surface area contributed by atoms with Crippen molar-refractivity contribution in [3.8, 4) is 5.75 Å². The highest BCUT2D eigenvalue weighted by Gasteiger charge is 2.32. The fourth-order valence-corrected chi connectivity index (χ4v) is 1.69. The molecule has 1 unspecified atom stereocenters. The molecule has 0 aromatic carbocycles. The number of alkyl halides is 1. The predicted octanol–water partition coefficient (Wildman–Crippen LogP) is 1.64. The summed E-state index contributed by atoms with van der Waals surface area (Å²) in [5.41, 5.74) is 4.32. The Kier molecular flexibility index (Phi) is 5.31. The first-order valence-electron chi connectivity index (χ1n) is 5.53. The Labute approximate surface area is 101 Å². The number of rotatable bonds is 7. The number of nitrogens with zero attached hydrogens (tertiary/aromatic N) is 1. The second kappa shape index (κ2) is 6.51. The second-order valence-electron chi connectivity index (χ2n) is 3.90. The highest BCUT2D eigenvalue weighted by atomic mass is 19.1. The van der Waals surface area contributed by atoms with Crippen molar-refractivity contribution in [2.75, 3.05) is 27.4 Å². The summed E-state index contributed by atoms with van der Waals surface area (Å²) < 4.78 is 24.7. The van der Waals surface area contributed by atoms with Crippen molar-refractivity contribution in [1.82, 2.24) is 4.98 Å². The number of pyridine rings is 1. The number of nitrogens with two attached hydrogens (primary N) is 1. The summed E-state index contributed by atoms with van der Waals surface area (Å²) in [6.07, 6.45) is 3.95. The Hall–Kier alpha value is -1.20. The number of hydrogen-bond donors (Lipinski definition) is 1.